The number of nitrogens with zero attached hydrogens (tertiary/aromatic N) is 1. The minimum atomic E-state index is -0.545. The van der Waals surface area contributed by atoms with Gasteiger partial charge in [-0.05, 0) is 43.9 Å². The Hall–Kier alpha value is -1.07. The second-order valence-electron chi connectivity index (χ2n) is 5.30. The van der Waals surface area contributed by atoms with Crippen molar-refractivity contribution in [1.82, 2.24) is 5.32 Å². The van der Waals surface area contributed by atoms with Crippen LogP contribution in [0.25, 0.3) is 0 Å². The van der Waals surface area contributed by atoms with E-state index in [4.69, 9.17) is 11.6 Å². The number of hydrogen-bond acceptors (Lipinski definition) is 2. The van der Waals surface area contributed by atoms with E-state index in [0.29, 0.717) is 10.7 Å². The van der Waals surface area contributed by atoms with E-state index in [-0.39, 0.29) is 17.7 Å². The van der Waals surface area contributed by atoms with E-state index < -0.39 is 12.1 Å². The second kappa shape index (κ2) is 5.04. The summed E-state index contributed by atoms with van der Waals surface area (Å²) >= 11 is 9.57. The highest BCUT2D eigenvalue weighted by Gasteiger charge is 2.46. The van der Waals surface area contributed by atoms with Crippen molar-refractivity contribution in [3.05, 3.63) is 27.7 Å². The van der Waals surface area contributed by atoms with E-state index >= 15 is 0 Å². The summed E-state index contributed by atoms with van der Waals surface area (Å²) in [6.45, 7) is 1.72. The molecule has 2 fully saturated rings. The number of hydrogen-bond donors (Lipinski definition) is 1. The van der Waals surface area contributed by atoms with Gasteiger partial charge in [0.25, 0.3) is 5.91 Å². The van der Waals surface area contributed by atoms with Crippen molar-refractivity contribution >= 4 is 45.0 Å². The molecule has 1 saturated heterocycles. The number of benzene rings is 1. The van der Waals surface area contributed by atoms with Crippen molar-refractivity contribution in [1.29, 1.82) is 0 Å². The largest absolute Gasteiger partial charge is 0.342 e. The SMILES string of the molecule is CC1C(=O)NC(C2CC2)C(=O)N1c1ccc(Br)cc1Cl. The Kier molecular flexibility index (Phi) is 3.50. The Morgan fingerprint density at radius 3 is 2.65 bits per heavy atom. The molecule has 1 aliphatic heterocycles. The molecule has 6 heteroatoms. The quantitative estimate of drug-likeness (QED) is 0.885. The molecule has 2 unspecified atom stereocenters. The molecule has 106 valence electrons. The highest BCUT2D eigenvalue weighted by Crippen LogP contribution is 2.38. The maximum atomic E-state index is 12.6. The van der Waals surface area contributed by atoms with Gasteiger partial charge in [0.1, 0.15) is 12.1 Å². The van der Waals surface area contributed by atoms with Crippen molar-refractivity contribution in [3.63, 3.8) is 0 Å². The molecule has 0 bridgehead atoms. The molecule has 1 aromatic rings. The van der Waals surface area contributed by atoms with Crippen molar-refractivity contribution in [2.45, 2.75) is 31.8 Å². The number of anilines is 1. The average Bonchev–Trinajstić information content (AvgIpc) is 3.21. The summed E-state index contributed by atoms with van der Waals surface area (Å²) in [7, 11) is 0. The number of rotatable bonds is 2. The van der Waals surface area contributed by atoms with E-state index in [1.807, 2.05) is 6.07 Å². The molecule has 2 aliphatic rings. The molecule has 2 atom stereocenters. The van der Waals surface area contributed by atoms with Crippen LogP contribution in [0.3, 0.4) is 0 Å². The van der Waals surface area contributed by atoms with Gasteiger partial charge in [0.15, 0.2) is 0 Å². The van der Waals surface area contributed by atoms with Gasteiger partial charge in [-0.15, -0.1) is 0 Å². The van der Waals surface area contributed by atoms with E-state index in [1.165, 1.54) is 4.90 Å². The van der Waals surface area contributed by atoms with Crippen molar-refractivity contribution < 1.29 is 9.59 Å². The number of carbonyl (C=O) groups is 2. The Morgan fingerprint density at radius 2 is 2.05 bits per heavy atom. The summed E-state index contributed by atoms with van der Waals surface area (Å²) < 4.78 is 0.839. The first-order valence-corrected chi connectivity index (χ1v) is 7.74. The summed E-state index contributed by atoms with van der Waals surface area (Å²) in [6.07, 6.45) is 1.99. The van der Waals surface area contributed by atoms with Gasteiger partial charge in [0, 0.05) is 4.47 Å². The van der Waals surface area contributed by atoms with E-state index in [9.17, 15) is 9.59 Å². The van der Waals surface area contributed by atoms with Crippen LogP contribution >= 0.6 is 27.5 Å². The normalized spacial score (nSPS) is 26.6. The van der Waals surface area contributed by atoms with E-state index in [1.54, 1.807) is 19.1 Å². The molecule has 20 heavy (non-hydrogen) atoms. The number of nitrogens with one attached hydrogen (secondary N) is 1. The lowest BCUT2D eigenvalue weighted by Crippen LogP contribution is -2.63. The van der Waals surface area contributed by atoms with Crippen LogP contribution in [0.5, 0.6) is 0 Å². The highest BCUT2D eigenvalue weighted by atomic mass is 79.9. The third kappa shape index (κ3) is 2.33. The van der Waals surface area contributed by atoms with Crippen LogP contribution in [0.15, 0.2) is 22.7 Å². The Labute approximate surface area is 130 Å². The Morgan fingerprint density at radius 1 is 1.35 bits per heavy atom. The fourth-order valence-electron chi connectivity index (χ4n) is 2.55. The minimum Gasteiger partial charge on any atom is -0.342 e. The lowest BCUT2D eigenvalue weighted by atomic mass is 10.0. The van der Waals surface area contributed by atoms with Crippen molar-refractivity contribution in [2.75, 3.05) is 4.90 Å². The summed E-state index contributed by atoms with van der Waals surface area (Å²) in [5.41, 5.74) is 0.591. The summed E-state index contributed by atoms with van der Waals surface area (Å²) in [5, 5.41) is 3.29. The zero-order valence-corrected chi connectivity index (χ0v) is 13.2. The predicted molar refractivity (Wildman–Crippen MR) is 80.8 cm³/mol. The predicted octanol–water partition coefficient (Wildman–Crippen LogP) is 2.73. The van der Waals surface area contributed by atoms with Gasteiger partial charge in [-0.25, -0.2) is 0 Å². The van der Waals surface area contributed by atoms with Crippen LogP contribution in [0.1, 0.15) is 19.8 Å². The second-order valence-corrected chi connectivity index (χ2v) is 6.63. The zero-order valence-electron chi connectivity index (χ0n) is 10.9. The van der Waals surface area contributed by atoms with Crippen molar-refractivity contribution in [3.8, 4) is 0 Å². The number of amides is 2. The summed E-state index contributed by atoms with van der Waals surface area (Å²) in [5.74, 6) is 0.0833. The molecule has 1 aromatic carbocycles. The Balaban J connectivity index is 1.99. The van der Waals surface area contributed by atoms with Gasteiger partial charge >= 0.3 is 0 Å². The number of carbonyl (C=O) groups excluding carboxylic acids is 2. The fraction of sp³-hybridized carbons (Fsp3) is 0.429. The van der Waals surface area contributed by atoms with Gasteiger partial charge in [-0.1, -0.05) is 27.5 Å². The summed E-state index contributed by atoms with van der Waals surface area (Å²) in [4.78, 5) is 26.3. The van der Waals surface area contributed by atoms with E-state index in [0.717, 1.165) is 17.3 Å². The van der Waals surface area contributed by atoms with Crippen LogP contribution in [-0.4, -0.2) is 23.9 Å². The standard InChI is InChI=1S/C14H14BrClN2O2/c1-7-13(19)17-12(8-2-3-8)14(20)18(7)11-5-4-9(15)6-10(11)16/h4-8,12H,2-3H2,1H3,(H,17,19). The molecule has 1 heterocycles. The molecule has 1 N–H and O–H groups in total. The van der Waals surface area contributed by atoms with Crippen LogP contribution in [-0.2, 0) is 9.59 Å². The van der Waals surface area contributed by atoms with Crippen LogP contribution in [0.4, 0.5) is 5.69 Å². The first kappa shape index (κ1) is 13.9. The van der Waals surface area contributed by atoms with Gasteiger partial charge in [0.2, 0.25) is 5.91 Å². The lowest BCUT2D eigenvalue weighted by molar-refractivity contribution is -0.133. The average molecular weight is 358 g/mol. The van der Waals surface area contributed by atoms with Gasteiger partial charge < -0.3 is 5.32 Å². The molecule has 2 amide bonds. The molecule has 1 saturated carbocycles. The molecule has 0 aromatic heterocycles. The topological polar surface area (TPSA) is 49.4 Å². The minimum absolute atomic E-state index is 0.0659. The molecule has 1 aliphatic carbocycles. The molecule has 3 rings (SSSR count). The smallest absolute Gasteiger partial charge is 0.250 e. The molecular formula is C14H14BrClN2O2. The highest BCUT2D eigenvalue weighted by molar-refractivity contribution is 9.10. The summed E-state index contributed by atoms with van der Waals surface area (Å²) in [6, 6.07) is 4.37. The van der Waals surface area contributed by atoms with Crippen LogP contribution < -0.4 is 10.2 Å². The maximum Gasteiger partial charge on any atom is 0.250 e. The molecule has 0 spiro atoms. The number of piperazine rings is 1. The third-order valence-electron chi connectivity index (χ3n) is 3.83. The number of halogens is 2. The maximum absolute atomic E-state index is 12.6. The molecule has 0 radical (unpaired) electrons. The third-order valence-corrected chi connectivity index (χ3v) is 4.63. The van der Waals surface area contributed by atoms with Gasteiger partial charge in [-0.3, -0.25) is 14.5 Å². The van der Waals surface area contributed by atoms with Crippen molar-refractivity contribution in [2.24, 2.45) is 5.92 Å². The van der Waals surface area contributed by atoms with Crippen LogP contribution in [0, 0.1) is 5.92 Å². The first-order valence-electron chi connectivity index (χ1n) is 6.57. The van der Waals surface area contributed by atoms with Crippen LogP contribution in [0.2, 0.25) is 5.02 Å². The van der Waals surface area contributed by atoms with Gasteiger partial charge in [-0.2, -0.15) is 0 Å². The van der Waals surface area contributed by atoms with E-state index in [2.05, 4.69) is 21.2 Å². The monoisotopic (exact) mass is 356 g/mol. The molecule has 4 nitrogen and oxygen atoms in total. The fourth-order valence-corrected chi connectivity index (χ4v) is 3.31. The molecular weight excluding hydrogens is 344 g/mol. The lowest BCUT2D eigenvalue weighted by Gasteiger charge is -2.37. The zero-order chi connectivity index (χ0) is 14.4. The Bertz CT molecular complexity index is 589. The van der Waals surface area contributed by atoms with Gasteiger partial charge in [0.05, 0.1) is 10.7 Å². The first-order chi connectivity index (χ1) is 9.49.